The van der Waals surface area contributed by atoms with E-state index in [0.29, 0.717) is 13.1 Å². The molecule has 0 atom stereocenters. The number of carbonyl (C=O) groups excluding carboxylic acids is 1. The number of halogens is 1. The summed E-state index contributed by atoms with van der Waals surface area (Å²) in [5, 5.41) is 1.27. The highest BCUT2D eigenvalue weighted by atomic mass is 79.9. The van der Waals surface area contributed by atoms with Crippen LogP contribution in [0.3, 0.4) is 0 Å². The van der Waals surface area contributed by atoms with E-state index in [9.17, 15) is 4.79 Å². The van der Waals surface area contributed by atoms with Gasteiger partial charge < -0.3 is 4.90 Å². The maximum atomic E-state index is 13.3. The third kappa shape index (κ3) is 3.71. The zero-order valence-electron chi connectivity index (χ0n) is 16.5. The van der Waals surface area contributed by atoms with Gasteiger partial charge in [0, 0.05) is 23.1 Å². The van der Waals surface area contributed by atoms with Gasteiger partial charge in [-0.25, -0.2) is 0 Å². The SMILES string of the molecule is C[Si](C)(C)c1cc(-c2ccc(Br)cc2)cc2c1C(=O)N(Cc1ccccc1)C2. The lowest BCUT2D eigenvalue weighted by atomic mass is 10.0. The van der Waals surface area contributed by atoms with E-state index in [1.807, 2.05) is 23.1 Å². The summed E-state index contributed by atoms with van der Waals surface area (Å²) in [7, 11) is -1.69. The average molecular weight is 450 g/mol. The van der Waals surface area contributed by atoms with Crippen molar-refractivity contribution >= 4 is 35.1 Å². The Labute approximate surface area is 176 Å². The fourth-order valence-electron chi connectivity index (χ4n) is 3.85. The predicted octanol–water partition coefficient (Wildman–Crippen LogP) is 5.82. The molecule has 28 heavy (non-hydrogen) atoms. The molecule has 1 heterocycles. The van der Waals surface area contributed by atoms with Crippen LogP contribution in [0.15, 0.2) is 71.2 Å². The van der Waals surface area contributed by atoms with Gasteiger partial charge in [-0.2, -0.15) is 0 Å². The predicted molar refractivity (Wildman–Crippen MR) is 123 cm³/mol. The molecule has 3 aromatic rings. The Hall–Kier alpha value is -2.17. The van der Waals surface area contributed by atoms with E-state index < -0.39 is 8.07 Å². The van der Waals surface area contributed by atoms with Gasteiger partial charge in [0.05, 0.1) is 8.07 Å². The van der Waals surface area contributed by atoms with Crippen molar-refractivity contribution in [2.45, 2.75) is 32.7 Å². The molecule has 0 aromatic heterocycles. The molecule has 0 saturated heterocycles. The van der Waals surface area contributed by atoms with Gasteiger partial charge in [-0.1, -0.05) is 84.1 Å². The maximum absolute atomic E-state index is 13.3. The number of benzene rings is 3. The van der Waals surface area contributed by atoms with Gasteiger partial charge >= 0.3 is 0 Å². The van der Waals surface area contributed by atoms with Crippen LogP contribution in [0, 0.1) is 0 Å². The molecular weight excluding hydrogens is 426 g/mol. The zero-order chi connectivity index (χ0) is 19.9. The molecular formula is C24H24BrNOSi. The van der Waals surface area contributed by atoms with E-state index in [0.717, 1.165) is 10.0 Å². The van der Waals surface area contributed by atoms with Gasteiger partial charge in [0.15, 0.2) is 0 Å². The van der Waals surface area contributed by atoms with E-state index in [1.165, 1.54) is 27.4 Å². The van der Waals surface area contributed by atoms with Crippen molar-refractivity contribution in [1.29, 1.82) is 0 Å². The fourth-order valence-corrected chi connectivity index (χ4v) is 5.72. The van der Waals surface area contributed by atoms with Crippen LogP contribution in [0.1, 0.15) is 21.5 Å². The van der Waals surface area contributed by atoms with Gasteiger partial charge in [-0.15, -0.1) is 0 Å². The Morgan fingerprint density at radius 3 is 2.25 bits per heavy atom. The summed E-state index contributed by atoms with van der Waals surface area (Å²) in [6, 6.07) is 23.1. The minimum atomic E-state index is -1.69. The van der Waals surface area contributed by atoms with E-state index in [4.69, 9.17) is 0 Å². The monoisotopic (exact) mass is 449 g/mol. The molecule has 3 aromatic carbocycles. The molecule has 4 rings (SSSR count). The molecule has 2 nitrogen and oxygen atoms in total. The number of rotatable bonds is 4. The van der Waals surface area contributed by atoms with Crippen molar-refractivity contribution in [1.82, 2.24) is 4.90 Å². The Morgan fingerprint density at radius 2 is 1.61 bits per heavy atom. The molecule has 0 unspecified atom stereocenters. The first-order chi connectivity index (χ1) is 13.3. The summed E-state index contributed by atoms with van der Waals surface area (Å²) in [6.07, 6.45) is 0. The highest BCUT2D eigenvalue weighted by molar-refractivity contribution is 9.10. The molecule has 0 bridgehead atoms. The quantitative estimate of drug-likeness (QED) is 0.459. The second-order valence-electron chi connectivity index (χ2n) is 8.46. The van der Waals surface area contributed by atoms with Gasteiger partial charge in [0.2, 0.25) is 0 Å². The Balaban J connectivity index is 1.77. The summed E-state index contributed by atoms with van der Waals surface area (Å²) in [6.45, 7) is 8.31. The number of amides is 1. The number of nitrogens with zero attached hydrogens (tertiary/aromatic N) is 1. The zero-order valence-corrected chi connectivity index (χ0v) is 19.1. The van der Waals surface area contributed by atoms with Gasteiger partial charge in [-0.3, -0.25) is 4.79 Å². The third-order valence-corrected chi connectivity index (χ3v) is 7.82. The standard InChI is InChI=1S/C24H24BrNOSi/c1-28(2,3)22-14-19(18-9-11-21(25)12-10-18)13-20-16-26(24(27)23(20)22)15-17-7-5-4-6-8-17/h4-14H,15-16H2,1-3H3. The maximum Gasteiger partial charge on any atom is 0.254 e. The summed E-state index contributed by atoms with van der Waals surface area (Å²) in [4.78, 5) is 15.3. The van der Waals surface area contributed by atoms with Crippen LogP contribution >= 0.6 is 15.9 Å². The molecule has 1 aliphatic heterocycles. The fraction of sp³-hybridized carbons (Fsp3) is 0.208. The van der Waals surface area contributed by atoms with E-state index >= 15 is 0 Å². The van der Waals surface area contributed by atoms with Crippen LogP contribution in [0.4, 0.5) is 0 Å². The molecule has 0 fully saturated rings. The minimum absolute atomic E-state index is 0.179. The third-order valence-electron chi connectivity index (χ3n) is 5.28. The molecule has 0 N–H and O–H groups in total. The average Bonchev–Trinajstić information content (AvgIpc) is 2.97. The normalized spacial score (nSPS) is 13.7. The Morgan fingerprint density at radius 1 is 0.929 bits per heavy atom. The number of carbonyl (C=O) groups is 1. The molecule has 4 heteroatoms. The lowest BCUT2D eigenvalue weighted by molar-refractivity contribution is 0.0767. The molecule has 0 radical (unpaired) electrons. The first-order valence-corrected chi connectivity index (χ1v) is 13.9. The van der Waals surface area contributed by atoms with Crippen LogP contribution in [0.2, 0.25) is 19.6 Å². The van der Waals surface area contributed by atoms with Crippen molar-refractivity contribution in [2.24, 2.45) is 0 Å². The van der Waals surface area contributed by atoms with Crippen LogP contribution in [-0.4, -0.2) is 18.9 Å². The second kappa shape index (κ2) is 7.34. The molecule has 0 aliphatic carbocycles. The number of hydrogen-bond acceptors (Lipinski definition) is 1. The first kappa shape index (κ1) is 19.2. The highest BCUT2D eigenvalue weighted by Crippen LogP contribution is 2.30. The lowest BCUT2D eigenvalue weighted by Gasteiger charge is -2.22. The van der Waals surface area contributed by atoms with Crippen molar-refractivity contribution < 1.29 is 4.79 Å². The highest BCUT2D eigenvalue weighted by Gasteiger charge is 2.34. The topological polar surface area (TPSA) is 20.3 Å². The number of fused-ring (bicyclic) bond motifs is 1. The van der Waals surface area contributed by atoms with Crippen LogP contribution < -0.4 is 5.19 Å². The van der Waals surface area contributed by atoms with Crippen LogP contribution in [-0.2, 0) is 13.1 Å². The van der Waals surface area contributed by atoms with Crippen molar-refractivity contribution in [3.05, 3.63) is 87.9 Å². The second-order valence-corrected chi connectivity index (χ2v) is 14.4. The summed E-state index contributed by atoms with van der Waals surface area (Å²) in [5.74, 6) is 0.179. The lowest BCUT2D eigenvalue weighted by Crippen LogP contribution is -2.42. The summed E-state index contributed by atoms with van der Waals surface area (Å²) < 4.78 is 1.08. The molecule has 0 saturated carbocycles. The van der Waals surface area contributed by atoms with E-state index in [1.54, 1.807) is 0 Å². The van der Waals surface area contributed by atoms with Gasteiger partial charge in [0.25, 0.3) is 5.91 Å². The van der Waals surface area contributed by atoms with Gasteiger partial charge in [0.1, 0.15) is 0 Å². The smallest absolute Gasteiger partial charge is 0.254 e. The first-order valence-electron chi connectivity index (χ1n) is 9.59. The van der Waals surface area contributed by atoms with Crippen LogP contribution in [0.25, 0.3) is 11.1 Å². The Kier molecular flexibility index (Phi) is 5.02. The van der Waals surface area contributed by atoms with E-state index in [2.05, 4.69) is 84.1 Å². The molecule has 142 valence electrons. The number of hydrogen-bond donors (Lipinski definition) is 0. The minimum Gasteiger partial charge on any atom is -0.330 e. The molecule has 1 amide bonds. The van der Waals surface area contributed by atoms with Crippen molar-refractivity contribution in [3.63, 3.8) is 0 Å². The van der Waals surface area contributed by atoms with Crippen LogP contribution in [0.5, 0.6) is 0 Å². The summed E-state index contributed by atoms with van der Waals surface area (Å²) >= 11 is 3.52. The van der Waals surface area contributed by atoms with Crippen molar-refractivity contribution in [2.75, 3.05) is 0 Å². The van der Waals surface area contributed by atoms with E-state index in [-0.39, 0.29) is 5.91 Å². The largest absolute Gasteiger partial charge is 0.330 e. The van der Waals surface area contributed by atoms with Crippen molar-refractivity contribution in [3.8, 4) is 11.1 Å². The molecule has 0 spiro atoms. The molecule has 1 aliphatic rings. The summed E-state index contributed by atoms with van der Waals surface area (Å²) in [5.41, 5.74) is 5.69. The Bertz CT molecular complexity index is 1020. The van der Waals surface area contributed by atoms with Gasteiger partial charge in [-0.05, 0) is 45.6 Å².